The van der Waals surface area contributed by atoms with Gasteiger partial charge in [-0.2, -0.15) is 0 Å². The molecule has 4 aromatic heterocycles. The average molecular weight is 387 g/mol. The highest BCUT2D eigenvalue weighted by Gasteiger charge is 2.13. The zero-order valence-electron chi connectivity index (χ0n) is 14.4. The maximum atomic E-state index is 10.4. The second kappa shape index (κ2) is 6.49. The Morgan fingerprint density at radius 1 is 1.18 bits per heavy atom. The summed E-state index contributed by atoms with van der Waals surface area (Å²) in [5.74, 6) is 6.84. The summed E-state index contributed by atoms with van der Waals surface area (Å²) in [6, 6.07) is 13.4. The number of hydrogen-bond acceptors (Lipinski definition) is 7. The summed E-state index contributed by atoms with van der Waals surface area (Å²) in [7, 11) is 0. The molecular weight excluding hydrogens is 374 g/mol. The largest absolute Gasteiger partial charge is 0.461 e. The number of nitrogens with zero attached hydrogens (tertiary/aromatic N) is 4. The zero-order chi connectivity index (χ0) is 19.1. The molecule has 28 heavy (non-hydrogen) atoms. The van der Waals surface area contributed by atoms with Crippen molar-refractivity contribution in [3.05, 3.63) is 65.5 Å². The van der Waals surface area contributed by atoms with Gasteiger partial charge in [0.15, 0.2) is 17.2 Å². The van der Waals surface area contributed by atoms with Crippen molar-refractivity contribution in [2.24, 2.45) is 0 Å². The molecule has 4 heterocycles. The van der Waals surface area contributed by atoms with E-state index in [1.54, 1.807) is 24.6 Å². The van der Waals surface area contributed by atoms with E-state index in [9.17, 15) is 5.11 Å². The molecule has 0 amide bonds. The van der Waals surface area contributed by atoms with Crippen molar-refractivity contribution in [2.75, 3.05) is 5.73 Å². The van der Waals surface area contributed by atoms with Crippen LogP contribution in [0.2, 0.25) is 0 Å². The van der Waals surface area contributed by atoms with E-state index < -0.39 is 6.10 Å². The predicted molar refractivity (Wildman–Crippen MR) is 107 cm³/mol. The molecule has 5 aromatic rings. The van der Waals surface area contributed by atoms with Crippen LogP contribution in [0.4, 0.5) is 5.82 Å². The van der Waals surface area contributed by atoms with Crippen molar-refractivity contribution in [1.29, 1.82) is 0 Å². The van der Waals surface area contributed by atoms with Crippen molar-refractivity contribution in [3.8, 4) is 23.4 Å². The third kappa shape index (κ3) is 2.89. The summed E-state index contributed by atoms with van der Waals surface area (Å²) in [5, 5.41) is 15.9. The molecule has 0 saturated heterocycles. The van der Waals surface area contributed by atoms with Crippen LogP contribution in [0, 0.1) is 11.8 Å². The van der Waals surface area contributed by atoms with Gasteiger partial charge in [-0.05, 0) is 35.6 Å². The highest BCUT2D eigenvalue weighted by atomic mass is 32.1. The minimum absolute atomic E-state index is 0.202. The van der Waals surface area contributed by atoms with Gasteiger partial charge in [0.1, 0.15) is 11.8 Å². The molecule has 0 saturated carbocycles. The molecule has 8 heteroatoms. The highest BCUT2D eigenvalue weighted by molar-refractivity contribution is 7.19. The van der Waals surface area contributed by atoms with Crippen molar-refractivity contribution >= 4 is 32.9 Å². The zero-order valence-corrected chi connectivity index (χ0v) is 15.2. The van der Waals surface area contributed by atoms with E-state index in [0.717, 1.165) is 15.0 Å². The first-order valence-corrected chi connectivity index (χ1v) is 9.24. The lowest BCUT2D eigenvalue weighted by atomic mass is 10.2. The lowest BCUT2D eigenvalue weighted by Gasteiger charge is -1.99. The van der Waals surface area contributed by atoms with Crippen LogP contribution < -0.4 is 5.73 Å². The number of fused-ring (bicyclic) bond motifs is 2. The second-order valence-electron chi connectivity index (χ2n) is 6.05. The topological polar surface area (TPSA) is 102 Å². The summed E-state index contributed by atoms with van der Waals surface area (Å²) in [5.41, 5.74) is 6.81. The molecule has 1 aromatic carbocycles. The number of rotatable bonds is 2. The molecule has 136 valence electrons. The number of aliphatic hydroxyl groups is 1. The maximum Gasteiger partial charge on any atom is 0.218 e. The quantitative estimate of drug-likeness (QED) is 0.451. The van der Waals surface area contributed by atoms with Gasteiger partial charge in [-0.1, -0.05) is 24.1 Å². The molecule has 0 aliphatic rings. The van der Waals surface area contributed by atoms with E-state index in [2.05, 4.69) is 26.9 Å². The van der Waals surface area contributed by atoms with Crippen molar-refractivity contribution in [1.82, 2.24) is 19.6 Å². The standard InChI is InChI=1S/C20H13N5O2S/c21-18-20-23-19(15-5-3-9-27-15)24-25(20)11-13(22-18)7-8-14(26)17-10-12-4-1-2-6-16(12)28-17/h1-6,9-11,14,26H,(H2,21,22). The number of nitrogens with two attached hydrogens (primary N) is 1. The van der Waals surface area contributed by atoms with E-state index in [1.807, 2.05) is 30.3 Å². The summed E-state index contributed by atoms with van der Waals surface area (Å²) in [6.07, 6.45) is 2.26. The van der Waals surface area contributed by atoms with Gasteiger partial charge in [-0.15, -0.1) is 16.4 Å². The van der Waals surface area contributed by atoms with Gasteiger partial charge in [0.05, 0.1) is 12.5 Å². The number of benzene rings is 1. The Labute approximate surface area is 163 Å². The van der Waals surface area contributed by atoms with Crippen LogP contribution in [0.5, 0.6) is 0 Å². The van der Waals surface area contributed by atoms with Gasteiger partial charge >= 0.3 is 0 Å². The molecule has 7 nitrogen and oxygen atoms in total. The monoisotopic (exact) mass is 387 g/mol. The molecule has 0 fully saturated rings. The van der Waals surface area contributed by atoms with Crippen molar-refractivity contribution < 1.29 is 9.52 Å². The first-order chi connectivity index (χ1) is 13.7. The third-order valence-electron chi connectivity index (χ3n) is 4.14. The Kier molecular flexibility index (Phi) is 3.83. The van der Waals surface area contributed by atoms with Crippen molar-refractivity contribution in [3.63, 3.8) is 0 Å². The van der Waals surface area contributed by atoms with E-state index in [1.165, 1.54) is 15.9 Å². The SMILES string of the molecule is Nc1nc(C#CC(O)c2cc3ccccc3s2)cn2nc(-c3ccco3)nc12. The summed E-state index contributed by atoms with van der Waals surface area (Å²) < 4.78 is 7.93. The number of hydrogen-bond donors (Lipinski definition) is 2. The second-order valence-corrected chi connectivity index (χ2v) is 7.17. The van der Waals surface area contributed by atoms with Crippen LogP contribution in [0.1, 0.15) is 16.7 Å². The normalized spacial score (nSPS) is 12.2. The molecule has 5 rings (SSSR count). The molecule has 1 atom stereocenters. The van der Waals surface area contributed by atoms with Gasteiger partial charge in [0.25, 0.3) is 0 Å². The van der Waals surface area contributed by atoms with E-state index in [0.29, 0.717) is 22.9 Å². The molecule has 3 N–H and O–H groups in total. The number of anilines is 1. The smallest absolute Gasteiger partial charge is 0.218 e. The Bertz CT molecular complexity index is 1330. The van der Waals surface area contributed by atoms with Gasteiger partial charge in [-0.25, -0.2) is 14.5 Å². The van der Waals surface area contributed by atoms with Crippen molar-refractivity contribution in [2.45, 2.75) is 6.10 Å². The molecule has 0 bridgehead atoms. The molecule has 0 aliphatic carbocycles. The lowest BCUT2D eigenvalue weighted by Crippen LogP contribution is -2.00. The lowest BCUT2D eigenvalue weighted by molar-refractivity contribution is 0.242. The van der Waals surface area contributed by atoms with Crippen LogP contribution in [-0.4, -0.2) is 24.7 Å². The van der Waals surface area contributed by atoms with Crippen LogP contribution in [0.3, 0.4) is 0 Å². The van der Waals surface area contributed by atoms with Crippen LogP contribution in [-0.2, 0) is 0 Å². The van der Waals surface area contributed by atoms with Gasteiger partial charge in [0.2, 0.25) is 5.82 Å². The number of aromatic nitrogens is 4. The van der Waals surface area contributed by atoms with Crippen LogP contribution >= 0.6 is 11.3 Å². The van der Waals surface area contributed by atoms with Gasteiger partial charge in [-0.3, -0.25) is 0 Å². The molecular formula is C20H13N5O2S. The minimum atomic E-state index is -0.912. The average Bonchev–Trinajstić information content (AvgIpc) is 3.44. The Hall–Kier alpha value is -3.67. The highest BCUT2D eigenvalue weighted by Crippen LogP contribution is 2.29. The minimum Gasteiger partial charge on any atom is -0.461 e. The van der Waals surface area contributed by atoms with Gasteiger partial charge in [0, 0.05) is 9.58 Å². The molecule has 1 unspecified atom stereocenters. The fourth-order valence-electron chi connectivity index (χ4n) is 2.83. The number of nitrogen functional groups attached to an aromatic ring is 1. The first kappa shape index (κ1) is 16.5. The van der Waals surface area contributed by atoms with E-state index >= 15 is 0 Å². The fraction of sp³-hybridized carbons (Fsp3) is 0.0500. The summed E-state index contributed by atoms with van der Waals surface area (Å²) >= 11 is 1.51. The Morgan fingerprint density at radius 3 is 2.89 bits per heavy atom. The van der Waals surface area contributed by atoms with E-state index in [4.69, 9.17) is 10.2 Å². The molecule has 0 radical (unpaired) electrons. The fourth-order valence-corrected chi connectivity index (χ4v) is 3.84. The number of thiophene rings is 1. The van der Waals surface area contributed by atoms with Crippen LogP contribution in [0.25, 0.3) is 27.3 Å². The predicted octanol–water partition coefficient (Wildman–Crippen LogP) is 3.27. The van der Waals surface area contributed by atoms with Crippen LogP contribution in [0.15, 0.2) is 59.3 Å². The molecule has 0 aliphatic heterocycles. The Balaban J connectivity index is 1.48. The summed E-state index contributed by atoms with van der Waals surface area (Å²) in [4.78, 5) is 9.37. The van der Waals surface area contributed by atoms with E-state index in [-0.39, 0.29) is 5.82 Å². The first-order valence-electron chi connectivity index (χ1n) is 8.42. The maximum absolute atomic E-state index is 10.4. The number of furan rings is 1. The Morgan fingerprint density at radius 2 is 2.07 bits per heavy atom. The third-order valence-corrected chi connectivity index (χ3v) is 5.31. The van der Waals surface area contributed by atoms with Gasteiger partial charge < -0.3 is 15.3 Å². The summed E-state index contributed by atoms with van der Waals surface area (Å²) in [6.45, 7) is 0. The molecule has 0 spiro atoms. The number of aliphatic hydroxyl groups excluding tert-OH is 1.